The summed E-state index contributed by atoms with van der Waals surface area (Å²) >= 11 is 4.65. The third-order valence-corrected chi connectivity index (χ3v) is 2.91. The Kier molecular flexibility index (Phi) is 9.23. The molecule has 0 aromatic rings. The van der Waals surface area contributed by atoms with Crippen LogP contribution in [-0.4, -0.2) is 11.2 Å². The number of rotatable bonds is 8. The Hall–Kier alpha value is -0.200. The van der Waals surface area contributed by atoms with E-state index in [0.717, 1.165) is 6.42 Å². The van der Waals surface area contributed by atoms with E-state index < -0.39 is 0 Å². The number of isothiocyanates is 1. The van der Waals surface area contributed by atoms with E-state index in [2.05, 4.69) is 43.1 Å². The standard InChI is InChI=1S/C12H23NS/c1-4-6-7-8-9-11(3)12(5-2)13-10-14/h11-12H,4-9H2,1-3H3. The van der Waals surface area contributed by atoms with Gasteiger partial charge < -0.3 is 0 Å². The van der Waals surface area contributed by atoms with Gasteiger partial charge in [-0.05, 0) is 31.0 Å². The normalized spacial score (nSPS) is 14.5. The van der Waals surface area contributed by atoms with Gasteiger partial charge in [-0.1, -0.05) is 46.5 Å². The maximum Gasteiger partial charge on any atom is 0.0625 e. The summed E-state index contributed by atoms with van der Waals surface area (Å²) in [5.41, 5.74) is 0. The molecule has 0 bridgehead atoms. The molecule has 0 N–H and O–H groups in total. The van der Waals surface area contributed by atoms with E-state index in [9.17, 15) is 0 Å². The number of nitrogens with zero attached hydrogens (tertiary/aromatic N) is 1. The molecule has 0 radical (unpaired) electrons. The van der Waals surface area contributed by atoms with E-state index in [1.165, 1.54) is 32.1 Å². The molecule has 2 heteroatoms. The average Bonchev–Trinajstić information content (AvgIpc) is 2.20. The van der Waals surface area contributed by atoms with E-state index >= 15 is 0 Å². The highest BCUT2D eigenvalue weighted by atomic mass is 32.1. The molecule has 82 valence electrons. The van der Waals surface area contributed by atoms with E-state index in [-0.39, 0.29) is 0 Å². The molecule has 0 aliphatic rings. The summed E-state index contributed by atoms with van der Waals surface area (Å²) < 4.78 is 0. The van der Waals surface area contributed by atoms with Crippen LogP contribution >= 0.6 is 12.2 Å². The van der Waals surface area contributed by atoms with Crippen LogP contribution in [0.1, 0.15) is 59.3 Å². The molecule has 0 aromatic carbocycles. The molecule has 0 aliphatic carbocycles. The highest BCUT2D eigenvalue weighted by Crippen LogP contribution is 2.18. The molecule has 0 aromatic heterocycles. The van der Waals surface area contributed by atoms with E-state index in [1.54, 1.807) is 0 Å². The molecule has 0 rings (SSSR count). The molecule has 14 heavy (non-hydrogen) atoms. The fourth-order valence-corrected chi connectivity index (χ4v) is 1.91. The van der Waals surface area contributed by atoms with Crippen LogP contribution in [0.5, 0.6) is 0 Å². The third kappa shape index (κ3) is 6.28. The van der Waals surface area contributed by atoms with E-state index in [1.807, 2.05) is 0 Å². The van der Waals surface area contributed by atoms with Crippen molar-refractivity contribution in [2.75, 3.05) is 0 Å². The van der Waals surface area contributed by atoms with Crippen molar-refractivity contribution in [3.8, 4) is 0 Å². The maximum absolute atomic E-state index is 4.65. The van der Waals surface area contributed by atoms with Crippen molar-refractivity contribution in [1.82, 2.24) is 0 Å². The molecule has 0 aliphatic heterocycles. The topological polar surface area (TPSA) is 12.4 Å². The zero-order valence-corrected chi connectivity index (χ0v) is 10.6. The van der Waals surface area contributed by atoms with Gasteiger partial charge >= 0.3 is 0 Å². The van der Waals surface area contributed by atoms with Crippen LogP contribution in [0, 0.1) is 5.92 Å². The summed E-state index contributed by atoms with van der Waals surface area (Å²) in [4.78, 5) is 4.21. The van der Waals surface area contributed by atoms with Gasteiger partial charge in [-0.2, -0.15) is 0 Å². The predicted molar refractivity (Wildman–Crippen MR) is 67.0 cm³/mol. The van der Waals surface area contributed by atoms with Crippen LogP contribution in [0.25, 0.3) is 0 Å². The lowest BCUT2D eigenvalue weighted by molar-refractivity contribution is 0.402. The predicted octanol–water partition coefficient (Wildman–Crippen LogP) is 4.47. The largest absolute Gasteiger partial charge is 0.229 e. The van der Waals surface area contributed by atoms with Gasteiger partial charge in [0.15, 0.2) is 0 Å². The van der Waals surface area contributed by atoms with Crippen molar-refractivity contribution in [1.29, 1.82) is 0 Å². The molecule has 1 nitrogen and oxygen atoms in total. The number of hydrogen-bond acceptors (Lipinski definition) is 2. The van der Waals surface area contributed by atoms with E-state index in [0.29, 0.717) is 12.0 Å². The van der Waals surface area contributed by atoms with Crippen molar-refractivity contribution in [2.24, 2.45) is 10.9 Å². The lowest BCUT2D eigenvalue weighted by Crippen LogP contribution is -2.14. The minimum Gasteiger partial charge on any atom is -0.229 e. The number of aliphatic imine (C=N–C) groups is 1. The zero-order chi connectivity index (χ0) is 10.8. The molecule has 0 amide bonds. The average molecular weight is 213 g/mol. The fourth-order valence-electron chi connectivity index (χ4n) is 1.77. The Morgan fingerprint density at radius 2 is 1.93 bits per heavy atom. The Morgan fingerprint density at radius 3 is 2.43 bits per heavy atom. The van der Waals surface area contributed by atoms with Crippen molar-refractivity contribution in [2.45, 2.75) is 65.3 Å². The monoisotopic (exact) mass is 213 g/mol. The van der Waals surface area contributed by atoms with Crippen molar-refractivity contribution in [3.05, 3.63) is 0 Å². The summed E-state index contributed by atoms with van der Waals surface area (Å²) in [6.45, 7) is 6.69. The zero-order valence-electron chi connectivity index (χ0n) is 9.75. The molecule has 0 heterocycles. The Balaban J connectivity index is 3.68. The van der Waals surface area contributed by atoms with Crippen LogP contribution in [0.2, 0.25) is 0 Å². The second kappa shape index (κ2) is 9.36. The summed E-state index contributed by atoms with van der Waals surface area (Å²) in [5.74, 6) is 0.660. The van der Waals surface area contributed by atoms with Gasteiger partial charge in [-0.15, -0.1) is 0 Å². The first-order valence-corrected chi connectivity index (χ1v) is 6.24. The Bertz CT molecular complexity index is 173. The second-order valence-corrected chi connectivity index (χ2v) is 4.21. The van der Waals surface area contributed by atoms with Gasteiger partial charge in [0.2, 0.25) is 0 Å². The second-order valence-electron chi connectivity index (χ2n) is 4.02. The minimum atomic E-state index is 0.397. The highest BCUT2D eigenvalue weighted by Gasteiger charge is 2.12. The van der Waals surface area contributed by atoms with Gasteiger partial charge in [0, 0.05) is 0 Å². The molecule has 2 unspecified atom stereocenters. The number of unbranched alkanes of at least 4 members (excludes halogenated alkanes) is 3. The molecular formula is C12H23NS. The van der Waals surface area contributed by atoms with Gasteiger partial charge in [0.1, 0.15) is 0 Å². The summed E-state index contributed by atoms with van der Waals surface area (Å²) in [5, 5.41) is 2.51. The first-order chi connectivity index (χ1) is 6.76. The van der Waals surface area contributed by atoms with Gasteiger partial charge in [-0.25, -0.2) is 4.99 Å². The first kappa shape index (κ1) is 13.8. The van der Waals surface area contributed by atoms with Gasteiger partial charge in [0.05, 0.1) is 11.2 Å². The van der Waals surface area contributed by atoms with E-state index in [4.69, 9.17) is 0 Å². The maximum atomic E-state index is 4.65. The van der Waals surface area contributed by atoms with Crippen LogP contribution in [0.15, 0.2) is 4.99 Å². The van der Waals surface area contributed by atoms with Crippen LogP contribution in [0.3, 0.4) is 0 Å². The molecule has 0 saturated heterocycles. The van der Waals surface area contributed by atoms with Crippen LogP contribution in [-0.2, 0) is 0 Å². The lowest BCUT2D eigenvalue weighted by atomic mass is 9.94. The third-order valence-electron chi connectivity index (χ3n) is 2.81. The highest BCUT2D eigenvalue weighted by molar-refractivity contribution is 7.78. The molecule has 0 spiro atoms. The Labute approximate surface area is 94.0 Å². The van der Waals surface area contributed by atoms with Crippen LogP contribution < -0.4 is 0 Å². The Morgan fingerprint density at radius 1 is 1.21 bits per heavy atom. The molecular weight excluding hydrogens is 190 g/mol. The van der Waals surface area contributed by atoms with Crippen molar-refractivity contribution in [3.63, 3.8) is 0 Å². The summed E-state index contributed by atoms with van der Waals surface area (Å²) in [7, 11) is 0. The summed E-state index contributed by atoms with van der Waals surface area (Å²) in [6.07, 6.45) is 7.72. The lowest BCUT2D eigenvalue weighted by Gasteiger charge is -2.17. The first-order valence-electron chi connectivity index (χ1n) is 5.83. The van der Waals surface area contributed by atoms with Crippen molar-refractivity contribution < 1.29 is 0 Å². The minimum absolute atomic E-state index is 0.397. The smallest absolute Gasteiger partial charge is 0.0625 e. The molecule has 0 fully saturated rings. The molecule has 2 atom stereocenters. The summed E-state index contributed by atoms with van der Waals surface area (Å²) in [6, 6.07) is 0.397. The van der Waals surface area contributed by atoms with Crippen molar-refractivity contribution >= 4 is 17.4 Å². The van der Waals surface area contributed by atoms with Gasteiger partial charge in [0.25, 0.3) is 0 Å². The SMILES string of the molecule is CCCCCCC(C)C(CC)N=C=S. The number of hydrogen-bond donors (Lipinski definition) is 0. The fraction of sp³-hybridized carbons (Fsp3) is 0.917. The quantitative estimate of drug-likeness (QED) is 0.329. The van der Waals surface area contributed by atoms with Gasteiger partial charge in [-0.3, -0.25) is 0 Å². The number of thiocarbonyl (C=S) groups is 1. The van der Waals surface area contributed by atoms with Crippen LogP contribution in [0.4, 0.5) is 0 Å². The molecule has 0 saturated carbocycles.